The monoisotopic (exact) mass is 139 g/mol. The van der Waals surface area contributed by atoms with E-state index < -0.39 is 0 Å². The maximum absolute atomic E-state index is 3.21. The van der Waals surface area contributed by atoms with Gasteiger partial charge >= 0.3 is 0 Å². The molecule has 1 aromatic rings. The van der Waals surface area contributed by atoms with Crippen LogP contribution >= 0.6 is 11.3 Å². The normalized spacial score (nSPS) is 9.89. The number of hydrogen-bond acceptors (Lipinski definition) is 1. The molecule has 1 rings (SSSR count). The Labute approximate surface area is 60.5 Å². The van der Waals surface area contributed by atoms with Crippen molar-refractivity contribution in [2.24, 2.45) is 0 Å². The average molecular weight is 139 g/mol. The Balaban J connectivity index is 2.30. The molecule has 0 aliphatic heterocycles. The highest BCUT2D eigenvalue weighted by Crippen LogP contribution is 2.07. The first-order valence-corrected chi connectivity index (χ1v) is 4.25. The molecular weight excluding hydrogens is 128 g/mol. The summed E-state index contributed by atoms with van der Waals surface area (Å²) in [5.41, 5.74) is 1.38. The topological polar surface area (TPSA) is 0 Å². The van der Waals surface area contributed by atoms with Gasteiger partial charge in [-0.3, -0.25) is 0 Å². The van der Waals surface area contributed by atoms with E-state index in [0.717, 1.165) is 0 Å². The van der Waals surface area contributed by atoms with Gasteiger partial charge in [-0.1, -0.05) is 13.3 Å². The molecule has 0 nitrogen and oxygen atoms in total. The molecule has 0 aromatic carbocycles. The van der Waals surface area contributed by atoms with E-state index >= 15 is 0 Å². The molecule has 0 fully saturated rings. The van der Waals surface area contributed by atoms with Crippen molar-refractivity contribution < 1.29 is 0 Å². The van der Waals surface area contributed by atoms with Crippen molar-refractivity contribution in [3.63, 3.8) is 0 Å². The minimum atomic E-state index is 1.21. The zero-order valence-electron chi connectivity index (χ0n) is 5.68. The summed E-state index contributed by atoms with van der Waals surface area (Å²) in [6.07, 6.45) is 3.79. The smallest absolute Gasteiger partial charge is 0.0477 e. The second kappa shape index (κ2) is 3.67. The van der Waals surface area contributed by atoms with E-state index in [4.69, 9.17) is 0 Å². The standard InChI is InChI=1S/C8H11S/c1-2-3-4-8-5-6-9-7-8/h5-6H,2-4H2,1H3. The molecule has 0 N–H and O–H groups in total. The van der Waals surface area contributed by atoms with Gasteiger partial charge in [-0.25, -0.2) is 0 Å². The first-order valence-electron chi connectivity index (χ1n) is 3.37. The van der Waals surface area contributed by atoms with E-state index in [2.05, 4.69) is 23.8 Å². The zero-order chi connectivity index (χ0) is 6.53. The molecule has 0 saturated carbocycles. The Morgan fingerprint density at radius 2 is 2.56 bits per heavy atom. The summed E-state index contributed by atoms with van der Waals surface area (Å²) in [5.74, 6) is 0. The molecule has 0 atom stereocenters. The van der Waals surface area contributed by atoms with Crippen LogP contribution in [0, 0.1) is 5.38 Å². The second-order valence-electron chi connectivity index (χ2n) is 2.15. The molecule has 0 amide bonds. The number of rotatable bonds is 3. The van der Waals surface area contributed by atoms with Gasteiger partial charge in [0.05, 0.1) is 0 Å². The average Bonchev–Trinajstić information content (AvgIpc) is 2.34. The lowest BCUT2D eigenvalue weighted by Crippen LogP contribution is -1.78. The fourth-order valence-electron chi connectivity index (χ4n) is 0.761. The van der Waals surface area contributed by atoms with Crippen LogP contribution in [0.15, 0.2) is 11.4 Å². The molecule has 1 radical (unpaired) electrons. The van der Waals surface area contributed by atoms with Crippen LogP contribution in [-0.2, 0) is 6.42 Å². The first-order chi connectivity index (χ1) is 4.43. The van der Waals surface area contributed by atoms with Crippen LogP contribution in [0.4, 0.5) is 0 Å². The highest BCUT2D eigenvalue weighted by molar-refractivity contribution is 7.07. The van der Waals surface area contributed by atoms with E-state index in [-0.39, 0.29) is 0 Å². The van der Waals surface area contributed by atoms with Crippen LogP contribution in [0.5, 0.6) is 0 Å². The second-order valence-corrected chi connectivity index (χ2v) is 2.86. The Hall–Kier alpha value is -0.300. The van der Waals surface area contributed by atoms with Gasteiger partial charge in [0.15, 0.2) is 0 Å². The van der Waals surface area contributed by atoms with Crippen molar-refractivity contribution in [1.29, 1.82) is 0 Å². The Morgan fingerprint density at radius 3 is 3.11 bits per heavy atom. The molecule has 9 heavy (non-hydrogen) atoms. The van der Waals surface area contributed by atoms with Crippen LogP contribution in [0.1, 0.15) is 25.3 Å². The van der Waals surface area contributed by atoms with E-state index in [1.165, 1.54) is 24.8 Å². The molecule has 0 aliphatic rings. The van der Waals surface area contributed by atoms with Crippen LogP contribution in [0.25, 0.3) is 0 Å². The third kappa shape index (κ3) is 2.19. The van der Waals surface area contributed by atoms with Gasteiger partial charge < -0.3 is 0 Å². The largest absolute Gasteiger partial charge is 0.143 e. The van der Waals surface area contributed by atoms with Crippen molar-refractivity contribution in [2.45, 2.75) is 26.2 Å². The Morgan fingerprint density at radius 1 is 1.67 bits per heavy atom. The van der Waals surface area contributed by atoms with Crippen molar-refractivity contribution in [2.75, 3.05) is 0 Å². The van der Waals surface area contributed by atoms with Crippen molar-refractivity contribution in [3.05, 3.63) is 22.4 Å². The molecular formula is C8H11S. The number of thiophene rings is 1. The van der Waals surface area contributed by atoms with E-state index in [1.54, 1.807) is 11.3 Å². The summed E-state index contributed by atoms with van der Waals surface area (Å²) in [6.45, 7) is 2.21. The van der Waals surface area contributed by atoms with Crippen LogP contribution in [0.3, 0.4) is 0 Å². The van der Waals surface area contributed by atoms with Gasteiger partial charge in [-0.15, -0.1) is 11.3 Å². The molecule has 1 aromatic heterocycles. The van der Waals surface area contributed by atoms with E-state index in [0.29, 0.717) is 0 Å². The third-order valence-corrected chi connectivity index (χ3v) is 1.98. The van der Waals surface area contributed by atoms with Crippen LogP contribution in [-0.4, -0.2) is 0 Å². The highest BCUT2D eigenvalue weighted by Gasteiger charge is 1.89. The van der Waals surface area contributed by atoms with Gasteiger partial charge in [0.2, 0.25) is 0 Å². The fraction of sp³-hybridized carbons (Fsp3) is 0.500. The zero-order valence-corrected chi connectivity index (χ0v) is 6.50. The summed E-state index contributed by atoms with van der Waals surface area (Å²) in [4.78, 5) is 0. The van der Waals surface area contributed by atoms with E-state index in [1.807, 2.05) is 0 Å². The molecule has 0 aliphatic carbocycles. The van der Waals surface area contributed by atoms with Gasteiger partial charge in [-0.05, 0) is 29.9 Å². The maximum Gasteiger partial charge on any atom is 0.0477 e. The summed E-state index contributed by atoms with van der Waals surface area (Å²) in [7, 11) is 0. The quantitative estimate of drug-likeness (QED) is 0.604. The minimum Gasteiger partial charge on any atom is -0.143 e. The lowest BCUT2D eigenvalue weighted by Gasteiger charge is -1.90. The Bertz CT molecular complexity index is 142. The number of aryl methyl sites for hydroxylation is 1. The summed E-state index contributed by atoms with van der Waals surface area (Å²) >= 11 is 1.67. The molecule has 0 unspecified atom stereocenters. The maximum atomic E-state index is 3.21. The molecule has 1 heteroatoms. The molecule has 0 bridgehead atoms. The van der Waals surface area contributed by atoms with Crippen molar-refractivity contribution in [3.8, 4) is 0 Å². The van der Waals surface area contributed by atoms with Crippen LogP contribution in [0.2, 0.25) is 0 Å². The lowest BCUT2D eigenvalue weighted by atomic mass is 10.2. The summed E-state index contributed by atoms with van der Waals surface area (Å²) in [5, 5.41) is 5.30. The van der Waals surface area contributed by atoms with Gasteiger partial charge in [0.25, 0.3) is 0 Å². The molecule has 0 spiro atoms. The minimum absolute atomic E-state index is 1.21. The SMILES string of the molecule is CCCCc1[c]scc1. The molecule has 49 valence electrons. The highest BCUT2D eigenvalue weighted by atomic mass is 32.1. The number of unbranched alkanes of at least 4 members (excludes halogenated alkanes) is 1. The van der Waals surface area contributed by atoms with Crippen LogP contribution < -0.4 is 0 Å². The Kier molecular flexibility index (Phi) is 2.78. The van der Waals surface area contributed by atoms with Gasteiger partial charge in [0, 0.05) is 5.38 Å². The number of hydrogen-bond donors (Lipinski definition) is 0. The van der Waals surface area contributed by atoms with Gasteiger partial charge in [-0.2, -0.15) is 0 Å². The van der Waals surface area contributed by atoms with E-state index in [9.17, 15) is 0 Å². The predicted octanol–water partition coefficient (Wildman–Crippen LogP) is 2.89. The fourth-order valence-corrected chi connectivity index (χ4v) is 1.38. The summed E-state index contributed by atoms with van der Waals surface area (Å²) < 4.78 is 0. The van der Waals surface area contributed by atoms with Crippen molar-refractivity contribution in [1.82, 2.24) is 0 Å². The third-order valence-electron chi connectivity index (χ3n) is 1.33. The summed E-state index contributed by atoms with van der Waals surface area (Å²) in [6, 6.07) is 2.15. The molecule has 0 saturated heterocycles. The predicted molar refractivity (Wildman–Crippen MR) is 41.8 cm³/mol. The molecule has 1 heterocycles. The lowest BCUT2D eigenvalue weighted by molar-refractivity contribution is 0.796. The van der Waals surface area contributed by atoms with Gasteiger partial charge in [0.1, 0.15) is 0 Å². The van der Waals surface area contributed by atoms with Crippen molar-refractivity contribution >= 4 is 11.3 Å². The first kappa shape index (κ1) is 6.81.